The van der Waals surface area contributed by atoms with Crippen LogP contribution in [0.3, 0.4) is 0 Å². The van der Waals surface area contributed by atoms with E-state index in [9.17, 15) is 8.42 Å². The molecule has 2 rings (SSSR count). The van der Waals surface area contributed by atoms with Crippen molar-refractivity contribution >= 4 is 44.7 Å². The summed E-state index contributed by atoms with van der Waals surface area (Å²) in [5, 5.41) is 1.88. The van der Waals surface area contributed by atoms with Crippen LogP contribution in [0.15, 0.2) is 10.3 Å². The van der Waals surface area contributed by atoms with Gasteiger partial charge >= 0.3 is 0 Å². The Kier molecular flexibility index (Phi) is 5.12. The Morgan fingerprint density at radius 3 is 2.75 bits per heavy atom. The Labute approximate surface area is 134 Å². The van der Waals surface area contributed by atoms with Crippen LogP contribution in [0.25, 0.3) is 0 Å². The highest BCUT2D eigenvalue weighted by Crippen LogP contribution is 2.35. The van der Waals surface area contributed by atoms with Gasteiger partial charge in [0.25, 0.3) is 0 Å². The summed E-state index contributed by atoms with van der Waals surface area (Å²) in [7, 11) is -3.42. The average molecular weight is 354 g/mol. The van der Waals surface area contributed by atoms with Gasteiger partial charge in [-0.05, 0) is 24.3 Å². The molecule has 1 aromatic rings. The average Bonchev–Trinajstić information content (AvgIpc) is 2.64. The van der Waals surface area contributed by atoms with Crippen molar-refractivity contribution in [3.63, 3.8) is 0 Å². The molecule has 0 saturated carbocycles. The van der Waals surface area contributed by atoms with Crippen molar-refractivity contribution in [1.29, 1.82) is 0 Å². The highest BCUT2D eigenvalue weighted by Gasteiger charge is 2.33. The predicted molar refractivity (Wildman–Crippen MR) is 88.5 cm³/mol. The lowest BCUT2D eigenvalue weighted by Gasteiger charge is -2.22. The van der Waals surface area contributed by atoms with E-state index in [1.807, 2.05) is 24.1 Å². The van der Waals surface area contributed by atoms with Gasteiger partial charge in [0.05, 0.1) is 5.88 Å². The van der Waals surface area contributed by atoms with E-state index in [1.54, 1.807) is 4.31 Å². The van der Waals surface area contributed by atoms with Crippen molar-refractivity contribution < 1.29 is 8.42 Å². The standard InChI is InChI=1S/C13H20ClNO2S3/c1-10-9-18-11(8-14)12(10)20(16,17)15-5-4-13(2,3)19-7-6-15/h9H,4-8H2,1-3H3. The van der Waals surface area contributed by atoms with Crippen molar-refractivity contribution in [3.05, 3.63) is 15.8 Å². The number of thiophene rings is 1. The third-order valence-corrected chi connectivity index (χ3v) is 8.67. The van der Waals surface area contributed by atoms with Gasteiger partial charge in [-0.25, -0.2) is 8.42 Å². The number of alkyl halides is 1. The molecule has 1 aliphatic heterocycles. The first-order valence-electron chi connectivity index (χ1n) is 6.55. The van der Waals surface area contributed by atoms with Crippen LogP contribution in [0.1, 0.15) is 30.7 Å². The van der Waals surface area contributed by atoms with Gasteiger partial charge in [-0.1, -0.05) is 13.8 Å². The second-order valence-corrected chi connectivity index (χ2v) is 10.5. The maximum atomic E-state index is 12.9. The van der Waals surface area contributed by atoms with Gasteiger partial charge in [0, 0.05) is 28.5 Å². The fourth-order valence-electron chi connectivity index (χ4n) is 2.30. The van der Waals surface area contributed by atoms with Crippen molar-refractivity contribution in [2.45, 2.75) is 42.7 Å². The highest BCUT2D eigenvalue weighted by molar-refractivity contribution is 8.00. The fraction of sp³-hybridized carbons (Fsp3) is 0.692. The number of nitrogens with zero attached hydrogens (tertiary/aromatic N) is 1. The summed E-state index contributed by atoms with van der Waals surface area (Å²) in [6.45, 7) is 7.35. The smallest absolute Gasteiger partial charge is 0.207 e. The molecule has 0 bridgehead atoms. The van der Waals surface area contributed by atoms with Gasteiger partial charge in [0.15, 0.2) is 0 Å². The van der Waals surface area contributed by atoms with E-state index in [-0.39, 0.29) is 10.6 Å². The molecule has 3 nitrogen and oxygen atoms in total. The van der Waals surface area contributed by atoms with E-state index >= 15 is 0 Å². The summed E-state index contributed by atoms with van der Waals surface area (Å²) in [6.07, 6.45) is 0.871. The third-order valence-electron chi connectivity index (χ3n) is 3.51. The summed E-state index contributed by atoms with van der Waals surface area (Å²) in [5.74, 6) is 1.09. The van der Waals surface area contributed by atoms with Crippen LogP contribution < -0.4 is 0 Å². The van der Waals surface area contributed by atoms with Gasteiger partial charge in [-0.15, -0.1) is 22.9 Å². The zero-order valence-corrected chi connectivity index (χ0v) is 15.2. The summed E-state index contributed by atoms with van der Waals surface area (Å²) >= 11 is 9.16. The van der Waals surface area contributed by atoms with E-state index in [0.717, 1.165) is 22.6 Å². The summed E-state index contributed by atoms with van der Waals surface area (Å²) in [5.41, 5.74) is 0.807. The quantitative estimate of drug-likeness (QED) is 0.777. The predicted octanol–water partition coefficient (Wildman–Crippen LogP) is 3.70. The SMILES string of the molecule is Cc1csc(CCl)c1S(=O)(=O)N1CCSC(C)(C)CC1. The van der Waals surface area contributed by atoms with Crippen molar-refractivity contribution in [2.24, 2.45) is 0 Å². The number of sulfonamides is 1. The van der Waals surface area contributed by atoms with Crippen molar-refractivity contribution in [1.82, 2.24) is 4.31 Å². The maximum Gasteiger partial charge on any atom is 0.244 e. The topological polar surface area (TPSA) is 37.4 Å². The lowest BCUT2D eigenvalue weighted by Crippen LogP contribution is -2.34. The minimum absolute atomic E-state index is 0.142. The van der Waals surface area contributed by atoms with E-state index in [4.69, 9.17) is 11.6 Å². The molecule has 0 atom stereocenters. The van der Waals surface area contributed by atoms with Crippen molar-refractivity contribution in [3.8, 4) is 0 Å². The van der Waals surface area contributed by atoms with Crippen LogP contribution in [-0.4, -0.2) is 36.3 Å². The van der Waals surface area contributed by atoms with E-state index in [1.165, 1.54) is 11.3 Å². The summed E-state index contributed by atoms with van der Waals surface area (Å²) in [4.78, 5) is 1.18. The molecule has 0 radical (unpaired) electrons. The maximum absolute atomic E-state index is 12.9. The normalized spacial score (nSPS) is 20.8. The van der Waals surface area contributed by atoms with Gasteiger partial charge in [0.2, 0.25) is 10.0 Å². The molecule has 2 heterocycles. The second-order valence-electron chi connectivity index (χ2n) is 5.57. The Morgan fingerprint density at radius 2 is 2.10 bits per heavy atom. The number of halogens is 1. The number of thioether (sulfide) groups is 1. The molecule has 1 fully saturated rings. The van der Waals surface area contributed by atoms with Gasteiger partial charge in [-0.2, -0.15) is 16.1 Å². The minimum Gasteiger partial charge on any atom is -0.207 e. The second kappa shape index (κ2) is 6.16. The zero-order valence-electron chi connectivity index (χ0n) is 12.0. The zero-order chi connectivity index (χ0) is 15.0. The molecule has 0 spiro atoms. The molecule has 114 valence electrons. The van der Waals surface area contributed by atoms with Gasteiger partial charge in [-0.3, -0.25) is 0 Å². The van der Waals surface area contributed by atoms with Gasteiger partial charge < -0.3 is 0 Å². The molecule has 20 heavy (non-hydrogen) atoms. The van der Waals surface area contributed by atoms with Crippen LogP contribution in [-0.2, 0) is 15.9 Å². The summed E-state index contributed by atoms with van der Waals surface area (Å²) in [6, 6.07) is 0. The molecule has 1 aliphatic rings. The minimum atomic E-state index is -3.42. The molecular weight excluding hydrogens is 334 g/mol. The molecule has 0 N–H and O–H groups in total. The number of rotatable bonds is 3. The van der Waals surface area contributed by atoms with Crippen LogP contribution in [0, 0.1) is 6.92 Å². The Balaban J connectivity index is 2.33. The molecule has 0 amide bonds. The van der Waals surface area contributed by atoms with Crippen LogP contribution >= 0.6 is 34.7 Å². The van der Waals surface area contributed by atoms with Crippen LogP contribution in [0.5, 0.6) is 0 Å². The van der Waals surface area contributed by atoms with Crippen LogP contribution in [0.4, 0.5) is 0 Å². The molecule has 1 saturated heterocycles. The Morgan fingerprint density at radius 1 is 1.40 bits per heavy atom. The number of aryl methyl sites for hydroxylation is 1. The molecule has 0 aromatic carbocycles. The monoisotopic (exact) mass is 353 g/mol. The highest BCUT2D eigenvalue weighted by atomic mass is 35.5. The van der Waals surface area contributed by atoms with Crippen molar-refractivity contribution in [2.75, 3.05) is 18.8 Å². The fourth-order valence-corrected chi connectivity index (χ4v) is 6.96. The lowest BCUT2D eigenvalue weighted by molar-refractivity contribution is 0.415. The molecule has 0 aliphatic carbocycles. The van der Waals surface area contributed by atoms with E-state index in [2.05, 4.69) is 13.8 Å². The first-order chi connectivity index (χ1) is 9.28. The molecule has 1 aromatic heterocycles. The molecular formula is C13H20ClNO2S3. The Bertz CT molecular complexity index is 580. The van der Waals surface area contributed by atoms with Crippen LogP contribution in [0.2, 0.25) is 0 Å². The Hall–Kier alpha value is 0.250. The first-order valence-corrected chi connectivity index (χ1v) is 10.4. The number of hydrogen-bond acceptors (Lipinski definition) is 4. The number of hydrogen-bond donors (Lipinski definition) is 0. The third kappa shape index (κ3) is 3.35. The van der Waals surface area contributed by atoms with E-state index in [0.29, 0.717) is 18.0 Å². The van der Waals surface area contributed by atoms with Gasteiger partial charge in [0.1, 0.15) is 4.90 Å². The first kappa shape index (κ1) is 16.6. The molecule has 7 heteroatoms. The summed E-state index contributed by atoms with van der Waals surface area (Å²) < 4.78 is 27.5. The largest absolute Gasteiger partial charge is 0.244 e. The molecule has 0 unspecified atom stereocenters. The van der Waals surface area contributed by atoms with E-state index < -0.39 is 10.0 Å². The lowest BCUT2D eigenvalue weighted by atomic mass is 10.1.